The van der Waals surface area contributed by atoms with Crippen LogP contribution in [0.25, 0.3) is 0 Å². The molecule has 3 aliphatic heterocycles. The molecule has 4 heterocycles. The fraction of sp³-hybridized carbons (Fsp3) is 0.345. The Morgan fingerprint density at radius 2 is 1.87 bits per heavy atom. The van der Waals surface area contributed by atoms with E-state index in [1.807, 2.05) is 41.3 Å². The van der Waals surface area contributed by atoms with Crippen LogP contribution < -0.4 is 15.4 Å². The highest BCUT2D eigenvalue weighted by Gasteiger charge is 2.27. The van der Waals surface area contributed by atoms with Crippen LogP contribution in [-0.2, 0) is 16.0 Å². The number of nitrogens with zero attached hydrogens (tertiary/aromatic N) is 3. The zero-order valence-corrected chi connectivity index (χ0v) is 22.3. The molecule has 2 aromatic carbocycles. The molecule has 3 aliphatic rings. The number of hydrogen-bond acceptors (Lipinski definition) is 7. The summed E-state index contributed by atoms with van der Waals surface area (Å²) < 4.78 is 5.87. The van der Waals surface area contributed by atoms with Crippen LogP contribution in [0.15, 0.2) is 53.5 Å². The Morgan fingerprint density at radius 1 is 1.03 bits per heavy atom. The Kier molecular flexibility index (Phi) is 6.76. The van der Waals surface area contributed by atoms with Crippen molar-refractivity contribution in [2.24, 2.45) is 4.99 Å². The second kappa shape index (κ2) is 10.5. The molecule has 2 N–H and O–H groups in total. The van der Waals surface area contributed by atoms with Gasteiger partial charge in [-0.25, -0.2) is 4.99 Å². The number of carbonyl (C=O) groups is 2. The third kappa shape index (κ3) is 5.11. The van der Waals surface area contributed by atoms with Gasteiger partial charge in [0.15, 0.2) is 0 Å². The largest absolute Gasteiger partial charge is 0.494 e. The minimum Gasteiger partial charge on any atom is -0.494 e. The van der Waals surface area contributed by atoms with Crippen LogP contribution in [0.3, 0.4) is 0 Å². The van der Waals surface area contributed by atoms with Crippen molar-refractivity contribution in [3.63, 3.8) is 0 Å². The molecular weight excluding hydrogens is 498 g/mol. The molecule has 0 aliphatic carbocycles. The Balaban J connectivity index is 1.02. The van der Waals surface area contributed by atoms with E-state index in [0.717, 1.165) is 64.3 Å². The fourth-order valence-electron chi connectivity index (χ4n) is 5.17. The number of amides is 2. The van der Waals surface area contributed by atoms with E-state index in [-0.39, 0.29) is 11.8 Å². The molecule has 2 amide bonds. The maximum atomic E-state index is 12.9. The molecule has 0 spiro atoms. The van der Waals surface area contributed by atoms with E-state index in [4.69, 9.17) is 9.73 Å². The van der Waals surface area contributed by atoms with Crippen molar-refractivity contribution in [3.05, 3.63) is 64.5 Å². The van der Waals surface area contributed by atoms with Gasteiger partial charge in [0.2, 0.25) is 11.8 Å². The van der Waals surface area contributed by atoms with Gasteiger partial charge in [0.1, 0.15) is 16.6 Å². The number of hydrogen-bond donors (Lipinski definition) is 2. The van der Waals surface area contributed by atoms with Crippen LogP contribution in [0.2, 0.25) is 0 Å². The number of para-hydroxylation sites is 2. The Bertz CT molecular complexity index is 1410. The number of carbonyl (C=O) groups excluding carboxylic acids is 2. The third-order valence-corrected chi connectivity index (χ3v) is 8.15. The lowest BCUT2D eigenvalue weighted by Crippen LogP contribution is -2.50. The molecule has 38 heavy (non-hydrogen) atoms. The SMILES string of the molecule is Cc1cc2c(s1)Nc1ccccc1N=C2N1CCN(C(=O)CCCOc2ccc3c(c2)NC(=O)CC3)CC1. The van der Waals surface area contributed by atoms with E-state index in [9.17, 15) is 9.59 Å². The van der Waals surface area contributed by atoms with Gasteiger partial charge in [-0.05, 0) is 49.6 Å². The highest BCUT2D eigenvalue weighted by atomic mass is 32.1. The van der Waals surface area contributed by atoms with Crippen LogP contribution in [0.4, 0.5) is 22.1 Å². The molecule has 0 radical (unpaired) electrons. The minimum absolute atomic E-state index is 0.0406. The highest BCUT2D eigenvalue weighted by molar-refractivity contribution is 7.16. The highest BCUT2D eigenvalue weighted by Crippen LogP contribution is 2.39. The molecule has 0 atom stereocenters. The average molecular weight is 530 g/mol. The van der Waals surface area contributed by atoms with E-state index in [1.165, 1.54) is 4.88 Å². The summed E-state index contributed by atoms with van der Waals surface area (Å²) >= 11 is 1.74. The molecule has 0 saturated carbocycles. The second-order valence-corrected chi connectivity index (χ2v) is 11.1. The van der Waals surface area contributed by atoms with Crippen molar-refractivity contribution in [1.82, 2.24) is 9.80 Å². The van der Waals surface area contributed by atoms with E-state index in [2.05, 4.69) is 34.6 Å². The summed E-state index contributed by atoms with van der Waals surface area (Å²) in [6.45, 7) is 5.43. The van der Waals surface area contributed by atoms with E-state index in [0.29, 0.717) is 39.0 Å². The van der Waals surface area contributed by atoms with Crippen molar-refractivity contribution in [2.75, 3.05) is 43.4 Å². The Labute approximate surface area is 226 Å². The first-order chi connectivity index (χ1) is 18.5. The van der Waals surface area contributed by atoms with Gasteiger partial charge < -0.3 is 25.2 Å². The van der Waals surface area contributed by atoms with Crippen LogP contribution in [0.1, 0.15) is 35.3 Å². The molecule has 3 aromatic rings. The zero-order chi connectivity index (χ0) is 26.1. The minimum atomic E-state index is 0.0406. The maximum Gasteiger partial charge on any atom is 0.224 e. The summed E-state index contributed by atoms with van der Waals surface area (Å²) in [5.41, 5.74) is 5.04. The van der Waals surface area contributed by atoms with Crippen molar-refractivity contribution in [3.8, 4) is 5.75 Å². The maximum absolute atomic E-state index is 12.9. The number of ether oxygens (including phenoxy) is 1. The van der Waals surface area contributed by atoms with E-state index >= 15 is 0 Å². The number of nitrogens with one attached hydrogen (secondary N) is 2. The number of aliphatic imine (C=N–C) groups is 1. The molecule has 0 bridgehead atoms. The standard InChI is InChI=1S/C29H31N5O3S/c1-19-17-22-28(31-23-5-2-3-6-24(23)32-29(22)38-19)34-14-12-33(13-15-34)27(36)7-4-16-37-21-10-8-20-9-11-26(35)30-25(20)18-21/h2-3,5-6,8,10,17-18,32H,4,7,9,11-16H2,1H3,(H,30,35). The molecule has 1 aromatic heterocycles. The second-order valence-electron chi connectivity index (χ2n) is 9.86. The molecule has 8 nitrogen and oxygen atoms in total. The van der Waals surface area contributed by atoms with Gasteiger partial charge in [0.25, 0.3) is 0 Å². The topological polar surface area (TPSA) is 86.3 Å². The Morgan fingerprint density at radius 3 is 2.74 bits per heavy atom. The summed E-state index contributed by atoms with van der Waals surface area (Å²) in [7, 11) is 0. The van der Waals surface area contributed by atoms with Gasteiger partial charge in [-0.3, -0.25) is 9.59 Å². The molecule has 1 saturated heterocycles. The first kappa shape index (κ1) is 24.5. The smallest absolute Gasteiger partial charge is 0.224 e. The van der Waals surface area contributed by atoms with Gasteiger partial charge in [-0.15, -0.1) is 11.3 Å². The number of amidine groups is 1. The number of fused-ring (bicyclic) bond motifs is 3. The quantitative estimate of drug-likeness (QED) is 0.450. The van der Waals surface area contributed by atoms with Crippen molar-refractivity contribution in [2.45, 2.75) is 32.6 Å². The number of thiophene rings is 1. The van der Waals surface area contributed by atoms with Crippen LogP contribution in [-0.4, -0.2) is 60.2 Å². The van der Waals surface area contributed by atoms with Crippen LogP contribution in [0, 0.1) is 6.92 Å². The number of benzene rings is 2. The molecule has 6 rings (SSSR count). The lowest BCUT2D eigenvalue weighted by molar-refractivity contribution is -0.132. The summed E-state index contributed by atoms with van der Waals surface area (Å²) in [6.07, 6.45) is 2.38. The van der Waals surface area contributed by atoms with Crippen molar-refractivity contribution >= 4 is 51.1 Å². The normalized spacial score (nSPS) is 16.3. The van der Waals surface area contributed by atoms with E-state index < -0.39 is 0 Å². The first-order valence-corrected chi connectivity index (χ1v) is 14.0. The summed E-state index contributed by atoms with van der Waals surface area (Å²) in [4.78, 5) is 35.1. The zero-order valence-electron chi connectivity index (χ0n) is 21.5. The van der Waals surface area contributed by atoms with Gasteiger partial charge in [-0.2, -0.15) is 0 Å². The number of anilines is 3. The van der Waals surface area contributed by atoms with Gasteiger partial charge in [0, 0.05) is 55.7 Å². The molecule has 9 heteroatoms. The van der Waals surface area contributed by atoms with Crippen molar-refractivity contribution in [1.29, 1.82) is 0 Å². The number of piperazine rings is 1. The van der Waals surface area contributed by atoms with Gasteiger partial charge >= 0.3 is 0 Å². The number of aryl methyl sites for hydroxylation is 2. The molecule has 1 fully saturated rings. The summed E-state index contributed by atoms with van der Waals surface area (Å²) in [5, 5.41) is 7.58. The van der Waals surface area contributed by atoms with Gasteiger partial charge in [0.05, 0.1) is 23.5 Å². The van der Waals surface area contributed by atoms with Gasteiger partial charge in [-0.1, -0.05) is 18.2 Å². The lowest BCUT2D eigenvalue weighted by Gasteiger charge is -2.36. The van der Waals surface area contributed by atoms with Crippen LogP contribution >= 0.6 is 11.3 Å². The first-order valence-electron chi connectivity index (χ1n) is 13.2. The Hall–Kier alpha value is -3.85. The number of rotatable bonds is 5. The molecule has 196 valence electrons. The van der Waals surface area contributed by atoms with Crippen molar-refractivity contribution < 1.29 is 14.3 Å². The monoisotopic (exact) mass is 529 g/mol. The predicted molar refractivity (Wildman–Crippen MR) is 151 cm³/mol. The average Bonchev–Trinajstić information content (AvgIpc) is 3.22. The predicted octanol–water partition coefficient (Wildman–Crippen LogP) is 5.08. The fourth-order valence-corrected chi connectivity index (χ4v) is 6.09. The lowest BCUT2D eigenvalue weighted by atomic mass is 10.0. The van der Waals surface area contributed by atoms with Crippen LogP contribution in [0.5, 0.6) is 5.75 Å². The molecule has 0 unspecified atom stereocenters. The molecular formula is C29H31N5O3S. The summed E-state index contributed by atoms with van der Waals surface area (Å²) in [6, 6.07) is 16.1. The third-order valence-electron chi connectivity index (χ3n) is 7.19. The summed E-state index contributed by atoms with van der Waals surface area (Å²) in [5.74, 6) is 1.89. The van der Waals surface area contributed by atoms with E-state index in [1.54, 1.807) is 11.3 Å².